The van der Waals surface area contributed by atoms with Crippen LogP contribution in [0.1, 0.15) is 182 Å². The second kappa shape index (κ2) is 25.9. The SMILES string of the molecule is CCCCCCCCC(CCCCCCC)CCN1CC(N(C)CC(CCCCCC)CCCCCC)C1. The van der Waals surface area contributed by atoms with Gasteiger partial charge in [-0.1, -0.05) is 163 Å². The van der Waals surface area contributed by atoms with Crippen molar-refractivity contribution in [2.24, 2.45) is 11.8 Å². The molecule has 0 radical (unpaired) electrons. The minimum atomic E-state index is 0.815. The summed E-state index contributed by atoms with van der Waals surface area (Å²) in [5.41, 5.74) is 0. The first kappa shape index (κ1) is 35.9. The highest BCUT2D eigenvalue weighted by atomic mass is 15.3. The Kier molecular flexibility index (Phi) is 24.5. The summed E-state index contributed by atoms with van der Waals surface area (Å²) in [5, 5.41) is 0. The third-order valence-electron chi connectivity index (χ3n) is 9.57. The molecule has 2 nitrogen and oxygen atoms in total. The lowest BCUT2D eigenvalue weighted by Crippen LogP contribution is -2.59. The molecule has 2 heteroatoms. The number of nitrogens with zero attached hydrogens (tertiary/aromatic N) is 2. The zero-order valence-electron chi connectivity index (χ0n) is 27.4. The maximum Gasteiger partial charge on any atom is 0.0347 e. The summed E-state index contributed by atoms with van der Waals surface area (Å²) in [6, 6.07) is 0.815. The minimum absolute atomic E-state index is 0.815. The molecule has 0 saturated carbocycles. The van der Waals surface area contributed by atoms with Gasteiger partial charge in [-0.15, -0.1) is 0 Å². The molecule has 0 bridgehead atoms. The molecule has 0 spiro atoms. The van der Waals surface area contributed by atoms with Crippen LogP contribution in [0.4, 0.5) is 0 Å². The number of unbranched alkanes of at least 4 members (excludes halogenated alkanes) is 15. The van der Waals surface area contributed by atoms with Crippen molar-refractivity contribution >= 4 is 0 Å². The second-order valence-electron chi connectivity index (χ2n) is 13.3. The molecule has 38 heavy (non-hydrogen) atoms. The van der Waals surface area contributed by atoms with Gasteiger partial charge in [0.1, 0.15) is 0 Å². The lowest BCUT2D eigenvalue weighted by atomic mass is 9.90. The molecule has 0 N–H and O–H groups in total. The van der Waals surface area contributed by atoms with Crippen LogP contribution in [0, 0.1) is 11.8 Å². The number of hydrogen-bond donors (Lipinski definition) is 0. The molecule has 0 aliphatic carbocycles. The normalized spacial score (nSPS) is 15.6. The quantitative estimate of drug-likeness (QED) is 0.0880. The van der Waals surface area contributed by atoms with Gasteiger partial charge in [0.2, 0.25) is 0 Å². The van der Waals surface area contributed by atoms with E-state index in [2.05, 4.69) is 44.5 Å². The Balaban J connectivity index is 2.35. The lowest BCUT2D eigenvalue weighted by molar-refractivity contribution is 0.0346. The van der Waals surface area contributed by atoms with E-state index in [-0.39, 0.29) is 0 Å². The topological polar surface area (TPSA) is 6.48 Å². The molecular formula is C36H74N2. The maximum atomic E-state index is 2.78. The Morgan fingerprint density at radius 1 is 0.500 bits per heavy atom. The van der Waals surface area contributed by atoms with Crippen molar-refractivity contribution in [3.63, 3.8) is 0 Å². The van der Waals surface area contributed by atoms with Gasteiger partial charge in [-0.3, -0.25) is 0 Å². The van der Waals surface area contributed by atoms with Crippen LogP contribution in [0.25, 0.3) is 0 Å². The largest absolute Gasteiger partial charge is 0.301 e. The van der Waals surface area contributed by atoms with Crippen LogP contribution >= 0.6 is 0 Å². The summed E-state index contributed by atoms with van der Waals surface area (Å²) in [7, 11) is 2.44. The summed E-state index contributed by atoms with van der Waals surface area (Å²) in [5.74, 6) is 1.91. The smallest absolute Gasteiger partial charge is 0.0347 e. The first-order chi connectivity index (χ1) is 18.6. The van der Waals surface area contributed by atoms with Crippen molar-refractivity contribution in [2.45, 2.75) is 188 Å². The molecule has 1 aliphatic heterocycles. The van der Waals surface area contributed by atoms with Crippen molar-refractivity contribution < 1.29 is 0 Å². The van der Waals surface area contributed by atoms with E-state index in [9.17, 15) is 0 Å². The molecule has 1 unspecified atom stereocenters. The van der Waals surface area contributed by atoms with E-state index in [1.54, 1.807) is 0 Å². The van der Waals surface area contributed by atoms with Crippen molar-refractivity contribution in [2.75, 3.05) is 33.2 Å². The molecule has 0 aromatic carbocycles. The van der Waals surface area contributed by atoms with E-state index in [1.807, 2.05) is 0 Å². The highest BCUT2D eigenvalue weighted by molar-refractivity contribution is 4.88. The fraction of sp³-hybridized carbons (Fsp3) is 1.00. The summed E-state index contributed by atoms with van der Waals surface area (Å²) >= 11 is 0. The van der Waals surface area contributed by atoms with E-state index in [4.69, 9.17) is 0 Å². The number of likely N-dealkylation sites (N-methyl/N-ethyl adjacent to an activating group) is 1. The van der Waals surface area contributed by atoms with E-state index < -0.39 is 0 Å². The van der Waals surface area contributed by atoms with Crippen molar-refractivity contribution in [1.29, 1.82) is 0 Å². The number of hydrogen-bond acceptors (Lipinski definition) is 2. The molecule has 0 aromatic rings. The predicted molar refractivity (Wildman–Crippen MR) is 173 cm³/mol. The first-order valence-electron chi connectivity index (χ1n) is 18.1. The Labute approximate surface area is 242 Å². The van der Waals surface area contributed by atoms with Gasteiger partial charge in [0.05, 0.1) is 0 Å². The van der Waals surface area contributed by atoms with Crippen LogP contribution in [0.2, 0.25) is 0 Å². The zero-order valence-corrected chi connectivity index (χ0v) is 27.4. The molecule has 1 heterocycles. The molecule has 1 saturated heterocycles. The molecule has 1 fully saturated rings. The first-order valence-corrected chi connectivity index (χ1v) is 18.1. The molecule has 228 valence electrons. The highest BCUT2D eigenvalue weighted by Crippen LogP contribution is 2.26. The summed E-state index contributed by atoms with van der Waals surface area (Å²) in [6.45, 7) is 14.7. The minimum Gasteiger partial charge on any atom is -0.301 e. The van der Waals surface area contributed by atoms with Gasteiger partial charge in [0.15, 0.2) is 0 Å². The van der Waals surface area contributed by atoms with E-state index in [0.29, 0.717) is 0 Å². The van der Waals surface area contributed by atoms with Crippen LogP contribution in [0.15, 0.2) is 0 Å². The Hall–Kier alpha value is -0.0800. The molecule has 0 amide bonds. The van der Waals surface area contributed by atoms with Crippen LogP contribution in [0.3, 0.4) is 0 Å². The summed E-state index contributed by atoms with van der Waals surface area (Å²) < 4.78 is 0. The Bertz CT molecular complexity index is 460. The molecule has 1 aliphatic rings. The van der Waals surface area contributed by atoms with Gasteiger partial charge in [-0.05, 0) is 44.7 Å². The molecule has 1 atom stereocenters. The fourth-order valence-electron chi connectivity index (χ4n) is 6.65. The Morgan fingerprint density at radius 3 is 1.32 bits per heavy atom. The van der Waals surface area contributed by atoms with Gasteiger partial charge in [-0.2, -0.15) is 0 Å². The zero-order chi connectivity index (χ0) is 27.7. The van der Waals surface area contributed by atoms with Crippen molar-refractivity contribution in [1.82, 2.24) is 9.80 Å². The monoisotopic (exact) mass is 535 g/mol. The second-order valence-corrected chi connectivity index (χ2v) is 13.3. The van der Waals surface area contributed by atoms with Gasteiger partial charge in [0, 0.05) is 25.7 Å². The predicted octanol–water partition coefficient (Wildman–Crippen LogP) is 11.3. The highest BCUT2D eigenvalue weighted by Gasteiger charge is 2.30. The standard InChI is InChI=1S/C36H74N2/c1-6-10-14-18-20-24-26-34(25-23-19-15-11-7-2)29-30-38-32-36(33-38)37(5)31-35(27-21-16-12-8-3)28-22-17-13-9-4/h34-36H,6-33H2,1-5H3. The van der Waals surface area contributed by atoms with Gasteiger partial charge in [-0.25, -0.2) is 0 Å². The summed E-state index contributed by atoms with van der Waals surface area (Å²) in [4.78, 5) is 5.53. The Morgan fingerprint density at radius 2 is 0.868 bits per heavy atom. The van der Waals surface area contributed by atoms with Crippen LogP contribution < -0.4 is 0 Å². The van der Waals surface area contributed by atoms with Crippen LogP contribution in [-0.4, -0.2) is 49.1 Å². The number of rotatable bonds is 29. The molecule has 1 rings (SSSR count). The van der Waals surface area contributed by atoms with Gasteiger partial charge < -0.3 is 9.80 Å². The maximum absolute atomic E-state index is 2.78. The molecular weight excluding hydrogens is 460 g/mol. The third kappa shape index (κ3) is 19.1. The summed E-state index contributed by atoms with van der Waals surface area (Å²) in [6.07, 6.45) is 34.6. The van der Waals surface area contributed by atoms with E-state index in [1.165, 1.54) is 180 Å². The van der Waals surface area contributed by atoms with Crippen molar-refractivity contribution in [3.05, 3.63) is 0 Å². The van der Waals surface area contributed by atoms with E-state index >= 15 is 0 Å². The van der Waals surface area contributed by atoms with Crippen molar-refractivity contribution in [3.8, 4) is 0 Å². The average molecular weight is 535 g/mol. The third-order valence-corrected chi connectivity index (χ3v) is 9.57. The molecule has 0 aromatic heterocycles. The van der Waals surface area contributed by atoms with Crippen LogP contribution in [-0.2, 0) is 0 Å². The average Bonchev–Trinajstić information content (AvgIpc) is 2.89. The fourth-order valence-corrected chi connectivity index (χ4v) is 6.65. The van der Waals surface area contributed by atoms with Gasteiger partial charge >= 0.3 is 0 Å². The van der Waals surface area contributed by atoms with Gasteiger partial charge in [0.25, 0.3) is 0 Å². The number of likely N-dealkylation sites (tertiary alicyclic amines) is 1. The van der Waals surface area contributed by atoms with E-state index in [0.717, 1.165) is 17.9 Å². The van der Waals surface area contributed by atoms with Crippen LogP contribution in [0.5, 0.6) is 0 Å². The lowest BCUT2D eigenvalue weighted by Gasteiger charge is -2.45.